The number of nitro groups is 1. The molecule has 0 heterocycles. The van der Waals surface area contributed by atoms with Crippen LogP contribution in [0.25, 0.3) is 0 Å². The maximum absolute atomic E-state index is 10.6. The Bertz CT molecular complexity index is 441. The first-order valence-corrected chi connectivity index (χ1v) is 4.14. The van der Waals surface area contributed by atoms with E-state index in [9.17, 15) is 19.7 Å². The number of carbonyl (C=O) groups excluding carboxylic acids is 1. The number of para-hydroxylation sites is 1. The van der Waals surface area contributed by atoms with E-state index in [4.69, 9.17) is 5.11 Å². The van der Waals surface area contributed by atoms with Crippen molar-refractivity contribution in [1.82, 2.24) is 0 Å². The monoisotopic (exact) mass is 225 g/mol. The van der Waals surface area contributed by atoms with Crippen LogP contribution in [0.1, 0.15) is 5.56 Å². The molecular weight excluding hydrogens is 218 g/mol. The number of rotatable bonds is 3. The lowest BCUT2D eigenvalue weighted by Gasteiger charge is -2.02. The van der Waals surface area contributed by atoms with E-state index in [1.54, 1.807) is 0 Å². The van der Waals surface area contributed by atoms with E-state index in [1.807, 2.05) is 0 Å². The van der Waals surface area contributed by atoms with Gasteiger partial charge >= 0.3 is 11.9 Å². The predicted molar refractivity (Wildman–Crippen MR) is 50.5 cm³/mol. The second kappa shape index (κ2) is 4.87. The molecule has 0 radical (unpaired) electrons. The summed E-state index contributed by atoms with van der Waals surface area (Å²) < 4.78 is 4.34. The molecule has 1 aromatic carbocycles. The van der Waals surface area contributed by atoms with Gasteiger partial charge in [0.15, 0.2) is 0 Å². The Morgan fingerprint density at radius 1 is 1.38 bits per heavy atom. The van der Waals surface area contributed by atoms with Gasteiger partial charge in [-0.3, -0.25) is 10.1 Å². The Morgan fingerprint density at radius 2 is 2.00 bits per heavy atom. The molecule has 7 heteroatoms. The molecule has 0 unspecified atom stereocenters. The molecule has 0 bridgehead atoms. The molecular formula is C9H7NO6. The molecule has 0 aliphatic carbocycles. The van der Waals surface area contributed by atoms with E-state index in [2.05, 4.69) is 4.74 Å². The molecule has 0 saturated heterocycles. The van der Waals surface area contributed by atoms with Crippen LogP contribution in [0.2, 0.25) is 0 Å². The van der Waals surface area contributed by atoms with Gasteiger partial charge in [0, 0.05) is 6.07 Å². The van der Waals surface area contributed by atoms with Crippen LogP contribution in [-0.2, 0) is 20.9 Å². The van der Waals surface area contributed by atoms with Gasteiger partial charge in [-0.25, -0.2) is 9.59 Å². The zero-order valence-electron chi connectivity index (χ0n) is 7.95. The van der Waals surface area contributed by atoms with Crippen molar-refractivity contribution in [3.63, 3.8) is 0 Å². The minimum absolute atomic E-state index is 0.141. The van der Waals surface area contributed by atoms with Crippen molar-refractivity contribution in [3.8, 4) is 0 Å². The normalized spacial score (nSPS) is 9.50. The zero-order valence-corrected chi connectivity index (χ0v) is 7.95. The Balaban J connectivity index is 2.78. The topological polar surface area (TPSA) is 107 Å². The van der Waals surface area contributed by atoms with Gasteiger partial charge in [0.25, 0.3) is 5.69 Å². The van der Waals surface area contributed by atoms with Crippen LogP contribution in [-0.4, -0.2) is 22.0 Å². The van der Waals surface area contributed by atoms with Crippen LogP contribution in [0, 0.1) is 10.1 Å². The Hall–Kier alpha value is -2.44. The molecule has 1 aromatic rings. The van der Waals surface area contributed by atoms with Crippen LogP contribution in [0.15, 0.2) is 24.3 Å². The minimum atomic E-state index is -1.74. The molecule has 0 amide bonds. The van der Waals surface area contributed by atoms with Crippen molar-refractivity contribution >= 4 is 17.6 Å². The minimum Gasteiger partial charge on any atom is -0.473 e. The summed E-state index contributed by atoms with van der Waals surface area (Å²) in [6.45, 7) is -0.442. The summed E-state index contributed by atoms with van der Waals surface area (Å²) >= 11 is 0. The SMILES string of the molecule is O=C(O)C(=O)OCc1ccccc1[N+](=O)[O-]. The molecule has 1 rings (SSSR count). The average Bonchev–Trinajstić information content (AvgIpc) is 2.25. The fourth-order valence-corrected chi connectivity index (χ4v) is 1.02. The highest BCUT2D eigenvalue weighted by atomic mass is 16.6. The summed E-state index contributed by atoms with van der Waals surface area (Å²) in [4.78, 5) is 30.7. The molecule has 0 fully saturated rings. The van der Waals surface area contributed by atoms with Crippen LogP contribution in [0.4, 0.5) is 5.69 Å². The second-order valence-corrected chi connectivity index (χ2v) is 2.77. The Kier molecular flexibility index (Phi) is 3.54. The highest BCUT2D eigenvalue weighted by Crippen LogP contribution is 2.18. The molecule has 0 atom stereocenters. The lowest BCUT2D eigenvalue weighted by Crippen LogP contribution is -2.16. The van der Waals surface area contributed by atoms with Crippen LogP contribution < -0.4 is 0 Å². The maximum atomic E-state index is 10.6. The number of carbonyl (C=O) groups is 2. The first-order chi connectivity index (χ1) is 7.52. The van der Waals surface area contributed by atoms with Crippen LogP contribution in [0.3, 0.4) is 0 Å². The van der Waals surface area contributed by atoms with E-state index in [0.717, 1.165) is 0 Å². The molecule has 16 heavy (non-hydrogen) atoms. The van der Waals surface area contributed by atoms with Crippen molar-refractivity contribution in [2.75, 3.05) is 0 Å². The van der Waals surface area contributed by atoms with Crippen molar-refractivity contribution in [2.45, 2.75) is 6.61 Å². The number of benzene rings is 1. The molecule has 7 nitrogen and oxygen atoms in total. The van der Waals surface area contributed by atoms with Gasteiger partial charge in [-0.1, -0.05) is 12.1 Å². The molecule has 84 valence electrons. The van der Waals surface area contributed by atoms with Gasteiger partial charge in [-0.15, -0.1) is 0 Å². The van der Waals surface area contributed by atoms with E-state index < -0.39 is 23.5 Å². The van der Waals surface area contributed by atoms with Crippen LogP contribution in [0.5, 0.6) is 0 Å². The second-order valence-electron chi connectivity index (χ2n) is 2.77. The third-order valence-electron chi connectivity index (χ3n) is 1.72. The van der Waals surface area contributed by atoms with Gasteiger partial charge in [-0.05, 0) is 6.07 Å². The highest BCUT2D eigenvalue weighted by molar-refractivity contribution is 6.28. The van der Waals surface area contributed by atoms with E-state index in [1.165, 1.54) is 24.3 Å². The number of esters is 1. The molecule has 0 aliphatic rings. The Morgan fingerprint density at radius 3 is 2.56 bits per heavy atom. The van der Waals surface area contributed by atoms with Gasteiger partial charge in [0.1, 0.15) is 6.61 Å². The van der Waals surface area contributed by atoms with E-state index >= 15 is 0 Å². The first-order valence-electron chi connectivity index (χ1n) is 4.14. The molecule has 0 aromatic heterocycles. The van der Waals surface area contributed by atoms with Gasteiger partial charge in [-0.2, -0.15) is 0 Å². The number of nitro benzene ring substituents is 1. The third kappa shape index (κ3) is 2.77. The van der Waals surface area contributed by atoms with Gasteiger partial charge < -0.3 is 9.84 Å². The summed E-state index contributed by atoms with van der Waals surface area (Å²) in [5, 5.41) is 18.8. The number of carboxylic acid groups (broad SMARTS) is 1. The highest BCUT2D eigenvalue weighted by Gasteiger charge is 2.17. The van der Waals surface area contributed by atoms with Crippen molar-refractivity contribution in [1.29, 1.82) is 0 Å². The molecule has 0 aliphatic heterocycles. The largest absolute Gasteiger partial charge is 0.473 e. The predicted octanol–water partition coefficient (Wildman–Crippen LogP) is 0.723. The number of nitrogens with zero attached hydrogens (tertiary/aromatic N) is 1. The Labute approximate surface area is 89.4 Å². The number of aliphatic carboxylic acids is 1. The van der Waals surface area contributed by atoms with Crippen LogP contribution >= 0.6 is 0 Å². The summed E-state index contributed by atoms with van der Waals surface area (Å²) in [5.41, 5.74) is -0.0808. The summed E-state index contributed by atoms with van der Waals surface area (Å²) in [7, 11) is 0. The van der Waals surface area contributed by atoms with Gasteiger partial charge in [0.2, 0.25) is 0 Å². The average molecular weight is 225 g/mol. The van der Waals surface area contributed by atoms with Crippen molar-refractivity contribution in [2.24, 2.45) is 0 Å². The maximum Gasteiger partial charge on any atom is 0.417 e. The lowest BCUT2D eigenvalue weighted by molar-refractivity contribution is -0.385. The van der Waals surface area contributed by atoms with E-state index in [0.29, 0.717) is 0 Å². The molecule has 0 spiro atoms. The van der Waals surface area contributed by atoms with E-state index in [-0.39, 0.29) is 11.3 Å². The lowest BCUT2D eigenvalue weighted by atomic mass is 10.2. The zero-order chi connectivity index (χ0) is 12.1. The summed E-state index contributed by atoms with van der Waals surface area (Å²) in [5.74, 6) is -3.18. The number of hydrogen-bond donors (Lipinski definition) is 1. The number of hydrogen-bond acceptors (Lipinski definition) is 5. The standard InChI is InChI=1S/C9H7NO6/c11-8(12)9(13)16-5-6-3-1-2-4-7(6)10(14)15/h1-4H,5H2,(H,11,12). The molecule has 1 N–H and O–H groups in total. The number of carboxylic acids is 1. The smallest absolute Gasteiger partial charge is 0.417 e. The van der Waals surface area contributed by atoms with Gasteiger partial charge in [0.05, 0.1) is 10.5 Å². The molecule has 0 saturated carbocycles. The van der Waals surface area contributed by atoms with Crippen molar-refractivity contribution in [3.05, 3.63) is 39.9 Å². The third-order valence-corrected chi connectivity index (χ3v) is 1.72. The quantitative estimate of drug-likeness (QED) is 0.351. The first kappa shape index (κ1) is 11.6. The summed E-state index contributed by atoms with van der Waals surface area (Å²) in [6.07, 6.45) is 0. The van der Waals surface area contributed by atoms with Crippen molar-refractivity contribution < 1.29 is 24.4 Å². The fraction of sp³-hybridized carbons (Fsp3) is 0.111. The summed E-state index contributed by atoms with van der Waals surface area (Å²) in [6, 6.07) is 5.61. The number of ether oxygens (including phenoxy) is 1. The fourth-order valence-electron chi connectivity index (χ4n) is 1.02.